The molecule has 0 bridgehead atoms. The Morgan fingerprint density at radius 2 is 2.00 bits per heavy atom. The highest BCUT2D eigenvalue weighted by Crippen LogP contribution is 2.33. The van der Waals surface area contributed by atoms with Gasteiger partial charge in [-0.25, -0.2) is 4.99 Å². The molecule has 2 aromatic carbocycles. The second-order valence-corrected chi connectivity index (χ2v) is 11.8. The van der Waals surface area contributed by atoms with Crippen LogP contribution in [0.1, 0.15) is 23.4 Å². The Bertz CT molecular complexity index is 1660. The number of nitrogens with one attached hydrogen (secondary N) is 1. The molecule has 0 unspecified atom stereocenters. The molecule has 1 aliphatic heterocycles. The molecule has 5 rings (SSSR count). The highest BCUT2D eigenvalue weighted by atomic mass is 127. The van der Waals surface area contributed by atoms with Crippen molar-refractivity contribution in [2.45, 2.75) is 13.0 Å². The summed E-state index contributed by atoms with van der Waals surface area (Å²) in [4.78, 5) is 33.1. The molecule has 0 aliphatic carbocycles. The van der Waals surface area contributed by atoms with Crippen molar-refractivity contribution < 1.29 is 9.90 Å². The fourth-order valence-corrected chi connectivity index (χ4v) is 7.30. The summed E-state index contributed by atoms with van der Waals surface area (Å²) in [7, 11) is 0. The molecule has 0 radical (unpaired) electrons. The van der Waals surface area contributed by atoms with Crippen LogP contribution in [0, 0.1) is 3.57 Å². The molecule has 0 saturated heterocycles. The molecule has 10 heteroatoms. The largest absolute Gasteiger partial charge is 0.506 e. The Balaban J connectivity index is 1.67. The first-order chi connectivity index (χ1) is 16.8. The number of thiazole rings is 1. The molecule has 1 aliphatic rings. The number of halogens is 2. The van der Waals surface area contributed by atoms with E-state index in [1.165, 1.54) is 22.7 Å². The van der Waals surface area contributed by atoms with Crippen LogP contribution in [-0.2, 0) is 4.79 Å². The van der Waals surface area contributed by atoms with Crippen molar-refractivity contribution in [3.05, 3.63) is 109 Å². The Morgan fingerprint density at radius 3 is 2.71 bits per heavy atom. The quantitative estimate of drug-likeness (QED) is 0.298. The number of benzene rings is 2. The third-order valence-electron chi connectivity index (χ3n) is 5.45. The number of phenolic OH excluding ortho intramolecular Hbond substituents is 1. The van der Waals surface area contributed by atoms with Crippen molar-refractivity contribution >= 4 is 78.9 Å². The number of aromatic hydroxyl groups is 1. The van der Waals surface area contributed by atoms with E-state index in [0.717, 1.165) is 9.35 Å². The zero-order chi connectivity index (χ0) is 24.7. The molecule has 0 spiro atoms. The van der Waals surface area contributed by atoms with Gasteiger partial charge in [0.1, 0.15) is 11.8 Å². The van der Waals surface area contributed by atoms with Gasteiger partial charge in [-0.15, -0.1) is 11.3 Å². The van der Waals surface area contributed by atoms with Crippen molar-refractivity contribution in [1.82, 2.24) is 4.57 Å². The lowest BCUT2D eigenvalue weighted by molar-refractivity contribution is -0.113. The average Bonchev–Trinajstić information content (AvgIpc) is 3.45. The first-order valence-corrected chi connectivity index (χ1v) is 14.0. The fourth-order valence-electron chi connectivity index (χ4n) is 3.88. The van der Waals surface area contributed by atoms with E-state index in [-0.39, 0.29) is 17.2 Å². The van der Waals surface area contributed by atoms with Crippen LogP contribution in [0.2, 0.25) is 0 Å². The molecular weight excluding hydrogens is 661 g/mol. The third-order valence-corrected chi connectivity index (χ3v) is 8.64. The summed E-state index contributed by atoms with van der Waals surface area (Å²) in [6.07, 6.45) is 1.67. The summed E-state index contributed by atoms with van der Waals surface area (Å²) in [5.41, 5.74) is 1.91. The van der Waals surface area contributed by atoms with Gasteiger partial charge in [0.05, 0.1) is 19.4 Å². The molecule has 6 nitrogen and oxygen atoms in total. The maximum atomic E-state index is 13.7. The summed E-state index contributed by atoms with van der Waals surface area (Å²) in [6, 6.07) is 16.0. The van der Waals surface area contributed by atoms with Gasteiger partial charge in [0.2, 0.25) is 0 Å². The van der Waals surface area contributed by atoms with E-state index in [0.29, 0.717) is 35.4 Å². The summed E-state index contributed by atoms with van der Waals surface area (Å²) >= 11 is 8.21. The van der Waals surface area contributed by atoms with E-state index in [2.05, 4.69) is 26.2 Å². The van der Waals surface area contributed by atoms with Gasteiger partial charge in [-0.2, -0.15) is 0 Å². The first-order valence-electron chi connectivity index (χ1n) is 10.4. The molecule has 0 saturated carbocycles. The molecule has 3 heterocycles. The van der Waals surface area contributed by atoms with Gasteiger partial charge in [0, 0.05) is 20.6 Å². The van der Waals surface area contributed by atoms with E-state index in [9.17, 15) is 14.7 Å². The highest BCUT2D eigenvalue weighted by molar-refractivity contribution is 14.1. The second kappa shape index (κ2) is 9.84. The van der Waals surface area contributed by atoms with Crippen LogP contribution in [0.25, 0.3) is 6.08 Å². The summed E-state index contributed by atoms with van der Waals surface area (Å²) in [5.74, 6) is -0.196. The molecular formula is C25H17BrIN3O3S2. The minimum absolute atomic E-state index is 0.105. The monoisotopic (exact) mass is 677 g/mol. The van der Waals surface area contributed by atoms with Gasteiger partial charge in [-0.3, -0.25) is 14.2 Å². The lowest BCUT2D eigenvalue weighted by Gasteiger charge is -2.24. The number of amides is 1. The maximum Gasteiger partial charge on any atom is 0.271 e. The van der Waals surface area contributed by atoms with Gasteiger partial charge in [0.25, 0.3) is 11.5 Å². The van der Waals surface area contributed by atoms with Gasteiger partial charge < -0.3 is 10.4 Å². The number of carbonyl (C=O) groups excluding carboxylic acids is 1. The van der Waals surface area contributed by atoms with Crippen molar-refractivity contribution in [3.63, 3.8) is 0 Å². The number of nitrogens with zero attached hydrogens (tertiary/aromatic N) is 2. The molecule has 2 aromatic heterocycles. The number of hydrogen-bond acceptors (Lipinski definition) is 6. The number of aromatic nitrogens is 1. The van der Waals surface area contributed by atoms with Crippen LogP contribution in [0.5, 0.6) is 5.75 Å². The zero-order valence-electron chi connectivity index (χ0n) is 18.2. The number of para-hydroxylation sites is 1. The minimum Gasteiger partial charge on any atom is -0.506 e. The normalized spacial score (nSPS) is 15.6. The van der Waals surface area contributed by atoms with E-state index in [1.807, 2.05) is 70.4 Å². The third kappa shape index (κ3) is 4.67. The average molecular weight is 678 g/mol. The lowest BCUT2D eigenvalue weighted by atomic mass is 10.0. The number of rotatable bonds is 4. The smallest absolute Gasteiger partial charge is 0.271 e. The summed E-state index contributed by atoms with van der Waals surface area (Å²) in [5, 5.41) is 15.4. The van der Waals surface area contributed by atoms with Crippen molar-refractivity contribution in [1.29, 1.82) is 0 Å². The second-order valence-electron chi connectivity index (χ2n) is 7.74. The van der Waals surface area contributed by atoms with Crippen molar-refractivity contribution in [2.75, 3.05) is 5.32 Å². The predicted molar refractivity (Wildman–Crippen MR) is 152 cm³/mol. The summed E-state index contributed by atoms with van der Waals surface area (Å²) < 4.78 is 3.47. The van der Waals surface area contributed by atoms with Crippen LogP contribution < -0.4 is 20.2 Å². The maximum absolute atomic E-state index is 13.7. The molecule has 35 heavy (non-hydrogen) atoms. The molecule has 176 valence electrons. The number of phenols is 1. The predicted octanol–water partition coefficient (Wildman–Crippen LogP) is 5.01. The highest BCUT2D eigenvalue weighted by Gasteiger charge is 2.33. The molecule has 4 aromatic rings. The van der Waals surface area contributed by atoms with E-state index in [1.54, 1.807) is 29.7 Å². The minimum atomic E-state index is -0.603. The number of fused-ring (bicyclic) bond motifs is 1. The van der Waals surface area contributed by atoms with E-state index in [4.69, 9.17) is 0 Å². The van der Waals surface area contributed by atoms with Gasteiger partial charge >= 0.3 is 0 Å². The number of anilines is 1. The SMILES string of the molecule is CC1=C(C(=O)Nc2ccccc2)[C@H](c2cccs2)n2c(s/c(=C/c3cc(Br)cc(I)c3O)c2=O)=N1. The number of thiophene rings is 1. The number of allylic oxidation sites excluding steroid dienone is 1. The number of carbonyl (C=O) groups is 1. The van der Waals surface area contributed by atoms with E-state index >= 15 is 0 Å². The van der Waals surface area contributed by atoms with Crippen molar-refractivity contribution in [2.24, 2.45) is 4.99 Å². The fraction of sp³-hybridized carbons (Fsp3) is 0.0800. The Morgan fingerprint density at radius 1 is 1.23 bits per heavy atom. The summed E-state index contributed by atoms with van der Waals surface area (Å²) in [6.45, 7) is 1.79. The van der Waals surface area contributed by atoms with Gasteiger partial charge in [-0.1, -0.05) is 51.5 Å². The Kier molecular flexibility index (Phi) is 6.80. The van der Waals surface area contributed by atoms with Crippen LogP contribution in [0.15, 0.2) is 85.5 Å². The lowest BCUT2D eigenvalue weighted by Crippen LogP contribution is -2.40. The topological polar surface area (TPSA) is 83.7 Å². The van der Waals surface area contributed by atoms with Crippen LogP contribution in [0.4, 0.5) is 5.69 Å². The zero-order valence-corrected chi connectivity index (χ0v) is 23.5. The Labute approximate surface area is 230 Å². The van der Waals surface area contributed by atoms with Crippen LogP contribution >= 0.6 is 61.2 Å². The first kappa shape index (κ1) is 24.2. The van der Waals surface area contributed by atoms with Crippen LogP contribution in [-0.4, -0.2) is 15.6 Å². The molecule has 2 N–H and O–H groups in total. The van der Waals surface area contributed by atoms with E-state index < -0.39 is 6.04 Å². The van der Waals surface area contributed by atoms with Crippen molar-refractivity contribution in [3.8, 4) is 5.75 Å². The van der Waals surface area contributed by atoms with Gasteiger partial charge in [0.15, 0.2) is 4.80 Å². The van der Waals surface area contributed by atoms with Crippen LogP contribution in [0.3, 0.4) is 0 Å². The number of hydrogen-bond donors (Lipinski definition) is 2. The Hall–Kier alpha value is -2.54. The molecule has 1 atom stereocenters. The molecule has 0 fully saturated rings. The standard InChI is InChI=1S/C25H17BrIN3O3S2/c1-13-20(23(32)29-16-6-3-2-4-7-16)21(18-8-5-9-34-18)30-24(33)19(35-25(30)28-13)11-14-10-15(26)12-17(27)22(14)31/h2-12,21,31H,1H3,(H,29,32)/b19-11+/t21-/m0/s1. The molecule has 1 amide bonds. The van der Waals surface area contributed by atoms with Gasteiger partial charge in [-0.05, 0) is 71.3 Å².